The Labute approximate surface area is 186 Å². The summed E-state index contributed by atoms with van der Waals surface area (Å²) in [5.74, 6) is -4.31. The summed E-state index contributed by atoms with van der Waals surface area (Å²) in [6.45, 7) is 0.00106. The highest BCUT2D eigenvalue weighted by molar-refractivity contribution is 6.11. The van der Waals surface area contributed by atoms with Crippen LogP contribution in [-0.2, 0) is 37.1 Å². The molecule has 1 heterocycles. The summed E-state index contributed by atoms with van der Waals surface area (Å²) >= 11 is 0. The van der Waals surface area contributed by atoms with Crippen molar-refractivity contribution < 1.29 is 23.9 Å². The van der Waals surface area contributed by atoms with Gasteiger partial charge >= 0.3 is 11.9 Å². The first kappa shape index (κ1) is 21.3. The van der Waals surface area contributed by atoms with Crippen molar-refractivity contribution in [2.24, 2.45) is 5.92 Å². The van der Waals surface area contributed by atoms with Crippen molar-refractivity contribution in [2.75, 3.05) is 11.9 Å². The molecule has 0 N–H and O–H groups in total. The molecule has 0 fully saturated rings. The maximum Gasteiger partial charge on any atom is 0.321 e. The van der Waals surface area contributed by atoms with Gasteiger partial charge in [0.15, 0.2) is 5.92 Å². The van der Waals surface area contributed by atoms with E-state index in [9.17, 15) is 14.4 Å². The van der Waals surface area contributed by atoms with Gasteiger partial charge in [-0.25, -0.2) is 0 Å². The van der Waals surface area contributed by atoms with Crippen LogP contribution in [0.25, 0.3) is 0 Å². The highest BCUT2D eigenvalue weighted by Gasteiger charge is 2.48. The van der Waals surface area contributed by atoms with Crippen LogP contribution in [0, 0.1) is 5.92 Å². The summed E-state index contributed by atoms with van der Waals surface area (Å²) in [5, 5.41) is 0. The second-order valence-electron chi connectivity index (χ2n) is 7.60. The molecule has 1 amide bonds. The fourth-order valence-corrected chi connectivity index (χ4v) is 3.84. The van der Waals surface area contributed by atoms with Crippen LogP contribution in [0.15, 0.2) is 84.9 Å². The van der Waals surface area contributed by atoms with Gasteiger partial charge in [0.05, 0.1) is 5.92 Å². The van der Waals surface area contributed by atoms with Crippen LogP contribution in [0.4, 0.5) is 5.69 Å². The zero-order valence-electron chi connectivity index (χ0n) is 17.6. The van der Waals surface area contributed by atoms with Crippen molar-refractivity contribution in [1.82, 2.24) is 0 Å². The normalized spacial score (nSPS) is 14.9. The molecule has 0 radical (unpaired) electrons. The number of carbonyl (C=O) groups excluding carboxylic acids is 3. The van der Waals surface area contributed by atoms with Gasteiger partial charge in [0.25, 0.3) is 0 Å². The molecular weight excluding hydrogens is 406 g/mol. The Bertz CT molecular complexity index is 1060. The number of ether oxygens (including phenoxy) is 2. The quantitative estimate of drug-likeness (QED) is 0.421. The summed E-state index contributed by atoms with van der Waals surface area (Å²) in [4.78, 5) is 40.8. The molecule has 1 aliphatic rings. The Morgan fingerprint density at radius 2 is 1.25 bits per heavy atom. The van der Waals surface area contributed by atoms with Crippen LogP contribution in [0.3, 0.4) is 0 Å². The van der Waals surface area contributed by atoms with E-state index in [1.165, 1.54) is 4.90 Å². The van der Waals surface area contributed by atoms with E-state index in [0.717, 1.165) is 11.1 Å². The molecule has 32 heavy (non-hydrogen) atoms. The third-order valence-corrected chi connectivity index (χ3v) is 5.52. The van der Waals surface area contributed by atoms with Gasteiger partial charge in [-0.15, -0.1) is 0 Å². The maximum absolute atomic E-state index is 13.1. The number of fused-ring (bicyclic) bond motifs is 1. The Morgan fingerprint density at radius 1 is 0.781 bits per heavy atom. The number of anilines is 1. The second kappa shape index (κ2) is 9.47. The van der Waals surface area contributed by atoms with Crippen LogP contribution in [0.2, 0.25) is 0 Å². The van der Waals surface area contributed by atoms with Gasteiger partial charge in [0, 0.05) is 12.7 Å². The van der Waals surface area contributed by atoms with Gasteiger partial charge in [-0.1, -0.05) is 78.9 Å². The lowest BCUT2D eigenvalue weighted by atomic mass is 9.87. The predicted molar refractivity (Wildman–Crippen MR) is 119 cm³/mol. The van der Waals surface area contributed by atoms with Gasteiger partial charge in [0.1, 0.15) is 13.2 Å². The van der Waals surface area contributed by atoms with Crippen molar-refractivity contribution in [3.63, 3.8) is 0 Å². The van der Waals surface area contributed by atoms with E-state index in [-0.39, 0.29) is 19.1 Å². The van der Waals surface area contributed by atoms with E-state index >= 15 is 0 Å². The molecule has 1 atom stereocenters. The summed E-state index contributed by atoms with van der Waals surface area (Å²) < 4.78 is 10.9. The molecule has 6 nitrogen and oxygen atoms in total. The summed E-state index contributed by atoms with van der Waals surface area (Å²) in [6, 6.07) is 25.5. The van der Waals surface area contributed by atoms with E-state index in [1.54, 1.807) is 31.3 Å². The van der Waals surface area contributed by atoms with Gasteiger partial charge in [0.2, 0.25) is 5.91 Å². The summed E-state index contributed by atoms with van der Waals surface area (Å²) in [5.41, 5.74) is 2.84. The average molecular weight is 429 g/mol. The van der Waals surface area contributed by atoms with Crippen molar-refractivity contribution in [1.29, 1.82) is 0 Å². The number of carbonyl (C=O) groups is 3. The largest absolute Gasteiger partial charge is 0.460 e. The Balaban J connectivity index is 1.59. The highest BCUT2D eigenvalue weighted by atomic mass is 16.6. The zero-order chi connectivity index (χ0) is 22.5. The number of para-hydroxylation sites is 1. The molecule has 1 unspecified atom stereocenters. The lowest BCUT2D eigenvalue weighted by Crippen LogP contribution is -2.38. The molecule has 0 saturated heterocycles. The van der Waals surface area contributed by atoms with Crippen LogP contribution >= 0.6 is 0 Å². The minimum atomic E-state index is -1.40. The Hall–Kier alpha value is -3.93. The topological polar surface area (TPSA) is 72.9 Å². The molecule has 3 aromatic rings. The van der Waals surface area contributed by atoms with E-state index in [0.29, 0.717) is 11.3 Å². The van der Waals surface area contributed by atoms with Gasteiger partial charge in [-0.3, -0.25) is 14.4 Å². The van der Waals surface area contributed by atoms with Gasteiger partial charge in [-0.05, 0) is 22.8 Å². The van der Waals surface area contributed by atoms with E-state index in [1.807, 2.05) is 60.7 Å². The SMILES string of the molecule is CN1C(=O)C(C(C(=O)OCc2ccccc2)C(=O)OCc2ccccc2)c2ccccc21. The minimum absolute atomic E-state index is 0.000531. The molecule has 0 bridgehead atoms. The second-order valence-corrected chi connectivity index (χ2v) is 7.60. The standard InChI is InChI=1S/C26H23NO5/c1-27-21-15-9-8-14-20(21)22(24(27)28)23(25(29)31-16-18-10-4-2-5-11-18)26(30)32-17-19-12-6-3-7-13-19/h2-15,22-23H,16-17H2,1H3. The van der Waals surface area contributed by atoms with Crippen LogP contribution < -0.4 is 4.90 Å². The highest BCUT2D eigenvalue weighted by Crippen LogP contribution is 2.41. The third-order valence-electron chi connectivity index (χ3n) is 5.52. The number of benzene rings is 3. The molecule has 6 heteroatoms. The molecule has 0 aliphatic carbocycles. The van der Waals surface area contributed by atoms with E-state index in [2.05, 4.69) is 0 Å². The first-order valence-electron chi connectivity index (χ1n) is 10.3. The smallest absolute Gasteiger partial charge is 0.321 e. The monoisotopic (exact) mass is 429 g/mol. The molecule has 1 aliphatic heterocycles. The zero-order valence-corrected chi connectivity index (χ0v) is 17.6. The maximum atomic E-state index is 13.1. The third kappa shape index (κ3) is 4.39. The predicted octanol–water partition coefficient (Wildman–Crippen LogP) is 3.85. The molecule has 3 aromatic carbocycles. The lowest BCUT2D eigenvalue weighted by Gasteiger charge is -2.20. The van der Waals surface area contributed by atoms with Crippen molar-refractivity contribution in [3.05, 3.63) is 102 Å². The lowest BCUT2D eigenvalue weighted by molar-refractivity contribution is -0.166. The van der Waals surface area contributed by atoms with Crippen LogP contribution in [0.1, 0.15) is 22.6 Å². The number of likely N-dealkylation sites (N-methyl/N-ethyl adjacent to an activating group) is 1. The minimum Gasteiger partial charge on any atom is -0.460 e. The number of amides is 1. The Kier molecular flexibility index (Phi) is 6.31. The molecule has 0 saturated carbocycles. The summed E-state index contributed by atoms with van der Waals surface area (Å²) in [7, 11) is 1.63. The number of hydrogen-bond acceptors (Lipinski definition) is 5. The van der Waals surface area contributed by atoms with Gasteiger partial charge in [-0.2, -0.15) is 0 Å². The first-order valence-corrected chi connectivity index (χ1v) is 10.3. The van der Waals surface area contributed by atoms with Crippen LogP contribution in [0.5, 0.6) is 0 Å². The van der Waals surface area contributed by atoms with Crippen LogP contribution in [-0.4, -0.2) is 24.9 Å². The first-order chi connectivity index (χ1) is 15.6. The molecule has 0 spiro atoms. The van der Waals surface area contributed by atoms with Crippen molar-refractivity contribution in [3.8, 4) is 0 Å². The number of hydrogen-bond donors (Lipinski definition) is 0. The fraction of sp³-hybridized carbons (Fsp3) is 0.192. The molecule has 162 valence electrons. The van der Waals surface area contributed by atoms with E-state index < -0.39 is 23.8 Å². The molecule has 4 rings (SSSR count). The van der Waals surface area contributed by atoms with Crippen molar-refractivity contribution >= 4 is 23.5 Å². The number of rotatable bonds is 7. The Morgan fingerprint density at radius 3 is 1.78 bits per heavy atom. The van der Waals surface area contributed by atoms with E-state index in [4.69, 9.17) is 9.47 Å². The number of nitrogens with zero attached hydrogens (tertiary/aromatic N) is 1. The molecule has 0 aromatic heterocycles. The average Bonchev–Trinajstić information content (AvgIpc) is 3.08. The molecular formula is C26H23NO5. The number of esters is 2. The fourth-order valence-electron chi connectivity index (χ4n) is 3.84. The summed E-state index contributed by atoms with van der Waals surface area (Å²) in [6.07, 6.45) is 0. The van der Waals surface area contributed by atoms with Crippen molar-refractivity contribution in [2.45, 2.75) is 19.1 Å². The van der Waals surface area contributed by atoms with Gasteiger partial charge < -0.3 is 14.4 Å².